The summed E-state index contributed by atoms with van der Waals surface area (Å²) in [6.07, 6.45) is 2.71. The lowest BCUT2D eigenvalue weighted by Gasteiger charge is -2.27. The first-order valence-corrected chi connectivity index (χ1v) is 10.5. The first-order valence-electron chi connectivity index (χ1n) is 9.08. The number of amides is 3. The van der Waals surface area contributed by atoms with E-state index in [0.29, 0.717) is 18.6 Å². The lowest BCUT2D eigenvalue weighted by Crippen LogP contribution is -2.58. The van der Waals surface area contributed by atoms with E-state index in [4.69, 9.17) is 15.9 Å². The number of carbonyl (C=O) groups is 4. The fourth-order valence-corrected chi connectivity index (χ4v) is 2.66. The monoisotopic (exact) mass is 420 g/mol. The molecule has 0 aromatic carbocycles. The van der Waals surface area contributed by atoms with Gasteiger partial charge in [0.2, 0.25) is 17.7 Å². The normalized spacial score (nSPS) is 16.2. The third kappa shape index (κ3) is 8.89. The van der Waals surface area contributed by atoms with Crippen molar-refractivity contribution in [3.63, 3.8) is 0 Å². The Kier molecular flexibility index (Phi) is 12.5. The number of rotatable bonds is 13. The first-order chi connectivity index (χ1) is 13.1. The highest BCUT2D eigenvalue weighted by molar-refractivity contribution is 7.98. The number of thioether (sulfide) groups is 1. The number of hydrogen-bond acceptors (Lipinski definition) is 7. The van der Waals surface area contributed by atoms with E-state index in [9.17, 15) is 19.2 Å². The van der Waals surface area contributed by atoms with Gasteiger partial charge in [0.15, 0.2) is 0 Å². The van der Waals surface area contributed by atoms with Crippen molar-refractivity contribution >= 4 is 35.5 Å². The largest absolute Gasteiger partial charge is 0.480 e. The van der Waals surface area contributed by atoms with Crippen molar-refractivity contribution in [3.05, 3.63) is 0 Å². The van der Waals surface area contributed by atoms with Crippen molar-refractivity contribution in [2.45, 2.75) is 57.8 Å². The molecule has 28 heavy (non-hydrogen) atoms. The summed E-state index contributed by atoms with van der Waals surface area (Å²) >= 11 is 1.47. The van der Waals surface area contributed by atoms with E-state index < -0.39 is 54.5 Å². The minimum absolute atomic E-state index is 0.253. The van der Waals surface area contributed by atoms with Crippen LogP contribution in [0.2, 0.25) is 0 Å². The number of nitrogens with one attached hydrogen (secondary N) is 3. The van der Waals surface area contributed by atoms with E-state index in [2.05, 4.69) is 16.0 Å². The van der Waals surface area contributed by atoms with E-state index in [-0.39, 0.29) is 5.92 Å². The predicted octanol–water partition coefficient (Wildman–Crippen LogP) is -1.34. The van der Waals surface area contributed by atoms with Crippen molar-refractivity contribution in [2.24, 2.45) is 11.7 Å². The Labute approximate surface area is 169 Å². The van der Waals surface area contributed by atoms with Crippen LogP contribution >= 0.6 is 11.8 Å². The summed E-state index contributed by atoms with van der Waals surface area (Å²) in [5.41, 5.74) is 5.49. The number of carboxylic acids is 1. The minimum atomic E-state index is -1.19. The second-order valence-electron chi connectivity index (χ2n) is 6.57. The highest BCUT2D eigenvalue weighted by Gasteiger charge is 2.31. The molecular weight excluding hydrogens is 388 g/mol. The van der Waals surface area contributed by atoms with Crippen molar-refractivity contribution < 1.29 is 29.4 Å². The number of aliphatic hydroxyl groups is 1. The van der Waals surface area contributed by atoms with Gasteiger partial charge < -0.3 is 31.9 Å². The summed E-state index contributed by atoms with van der Waals surface area (Å²) in [7, 11) is 0. The van der Waals surface area contributed by atoms with Crippen LogP contribution in [0, 0.1) is 5.92 Å². The molecule has 0 aromatic heterocycles. The van der Waals surface area contributed by atoms with Crippen LogP contribution < -0.4 is 21.7 Å². The molecule has 0 saturated heterocycles. The van der Waals surface area contributed by atoms with Gasteiger partial charge in [-0.25, -0.2) is 0 Å². The number of carboxylic acid groups (broad SMARTS) is 1. The second-order valence-corrected chi connectivity index (χ2v) is 7.56. The van der Waals surface area contributed by atoms with Gasteiger partial charge in [-0.1, -0.05) is 20.3 Å². The molecule has 11 heteroatoms. The van der Waals surface area contributed by atoms with E-state index in [1.54, 1.807) is 6.92 Å². The maximum atomic E-state index is 12.8. The molecule has 10 nitrogen and oxygen atoms in total. The van der Waals surface area contributed by atoms with Crippen molar-refractivity contribution in [1.29, 1.82) is 0 Å². The van der Waals surface area contributed by atoms with Crippen LogP contribution in [0.4, 0.5) is 0 Å². The molecule has 0 heterocycles. The van der Waals surface area contributed by atoms with Gasteiger partial charge in [0.1, 0.15) is 24.2 Å². The summed E-state index contributed by atoms with van der Waals surface area (Å²) < 4.78 is 0. The Morgan fingerprint density at radius 2 is 1.64 bits per heavy atom. The zero-order valence-electron chi connectivity index (χ0n) is 16.7. The molecule has 5 atom stereocenters. The molecule has 0 bridgehead atoms. The van der Waals surface area contributed by atoms with Crippen LogP contribution in [-0.2, 0) is 19.2 Å². The van der Waals surface area contributed by atoms with E-state index in [1.807, 2.05) is 13.2 Å². The molecule has 0 rings (SSSR count). The van der Waals surface area contributed by atoms with Gasteiger partial charge in [0.05, 0.1) is 6.61 Å². The van der Waals surface area contributed by atoms with Crippen LogP contribution in [0.1, 0.15) is 33.6 Å². The molecule has 162 valence electrons. The van der Waals surface area contributed by atoms with Gasteiger partial charge in [-0.05, 0) is 31.3 Å². The van der Waals surface area contributed by atoms with Crippen molar-refractivity contribution in [1.82, 2.24) is 16.0 Å². The molecule has 7 N–H and O–H groups in total. The van der Waals surface area contributed by atoms with Crippen molar-refractivity contribution in [2.75, 3.05) is 18.6 Å². The lowest BCUT2D eigenvalue weighted by atomic mass is 9.97. The highest BCUT2D eigenvalue weighted by Crippen LogP contribution is 2.10. The predicted molar refractivity (Wildman–Crippen MR) is 107 cm³/mol. The number of aliphatic carboxylic acids is 1. The Morgan fingerprint density at radius 1 is 1.04 bits per heavy atom. The van der Waals surface area contributed by atoms with Gasteiger partial charge in [0, 0.05) is 0 Å². The van der Waals surface area contributed by atoms with Crippen LogP contribution in [-0.4, -0.2) is 76.7 Å². The van der Waals surface area contributed by atoms with Gasteiger partial charge >= 0.3 is 5.97 Å². The molecule has 0 radical (unpaired) electrons. The first kappa shape index (κ1) is 26.1. The summed E-state index contributed by atoms with van der Waals surface area (Å²) in [4.78, 5) is 48.1. The molecule has 0 spiro atoms. The molecule has 0 aliphatic heterocycles. The van der Waals surface area contributed by atoms with Crippen LogP contribution in [0.5, 0.6) is 0 Å². The standard InChI is InChI=1S/C17H32N4O6S/c1-5-9(2)13(21-14(23)11(18)8-22)16(25)20-12(6-7-28-4)15(24)19-10(3)17(26)27/h9-13,22H,5-8,18H2,1-4H3,(H,19,24)(H,20,25)(H,21,23)(H,26,27). The van der Waals surface area contributed by atoms with Gasteiger partial charge in [-0.2, -0.15) is 11.8 Å². The van der Waals surface area contributed by atoms with E-state index >= 15 is 0 Å². The third-order valence-electron chi connectivity index (χ3n) is 4.30. The fourth-order valence-electron chi connectivity index (χ4n) is 2.19. The summed E-state index contributed by atoms with van der Waals surface area (Å²) in [5.74, 6) is -2.73. The molecular formula is C17H32N4O6S. The molecule has 0 saturated carbocycles. The van der Waals surface area contributed by atoms with E-state index in [0.717, 1.165) is 0 Å². The number of carbonyl (C=O) groups excluding carboxylic acids is 3. The molecule has 0 aromatic rings. The molecule has 5 unspecified atom stereocenters. The zero-order valence-corrected chi connectivity index (χ0v) is 17.5. The maximum Gasteiger partial charge on any atom is 0.325 e. The Bertz CT molecular complexity index is 548. The quantitative estimate of drug-likeness (QED) is 0.213. The summed E-state index contributed by atoms with van der Waals surface area (Å²) in [5, 5.41) is 25.4. The molecule has 3 amide bonds. The summed E-state index contributed by atoms with van der Waals surface area (Å²) in [6, 6.07) is -4.16. The lowest BCUT2D eigenvalue weighted by molar-refractivity contribution is -0.141. The third-order valence-corrected chi connectivity index (χ3v) is 4.94. The number of nitrogens with two attached hydrogens (primary N) is 1. The fraction of sp³-hybridized carbons (Fsp3) is 0.765. The van der Waals surface area contributed by atoms with Crippen molar-refractivity contribution in [3.8, 4) is 0 Å². The van der Waals surface area contributed by atoms with E-state index in [1.165, 1.54) is 18.7 Å². The number of hydrogen-bond donors (Lipinski definition) is 6. The average Bonchev–Trinajstić information content (AvgIpc) is 2.66. The molecule has 0 aliphatic carbocycles. The summed E-state index contributed by atoms with van der Waals surface area (Å²) in [6.45, 7) is 4.37. The van der Waals surface area contributed by atoms with Crippen LogP contribution in [0.25, 0.3) is 0 Å². The average molecular weight is 421 g/mol. The Balaban J connectivity index is 5.30. The van der Waals surface area contributed by atoms with Gasteiger partial charge in [-0.15, -0.1) is 0 Å². The number of aliphatic hydroxyl groups excluding tert-OH is 1. The molecule has 0 fully saturated rings. The second kappa shape index (κ2) is 13.3. The highest BCUT2D eigenvalue weighted by atomic mass is 32.2. The SMILES string of the molecule is CCC(C)C(NC(=O)C(N)CO)C(=O)NC(CCSC)C(=O)NC(C)C(=O)O. The van der Waals surface area contributed by atoms with Crippen LogP contribution in [0.3, 0.4) is 0 Å². The topological polar surface area (TPSA) is 171 Å². The van der Waals surface area contributed by atoms with Gasteiger partial charge in [0.25, 0.3) is 0 Å². The maximum absolute atomic E-state index is 12.8. The minimum Gasteiger partial charge on any atom is -0.480 e. The Morgan fingerprint density at radius 3 is 2.11 bits per heavy atom. The molecule has 0 aliphatic rings. The Hall–Kier alpha value is -1.85. The van der Waals surface area contributed by atoms with Crippen LogP contribution in [0.15, 0.2) is 0 Å². The smallest absolute Gasteiger partial charge is 0.325 e. The van der Waals surface area contributed by atoms with Gasteiger partial charge in [-0.3, -0.25) is 19.2 Å². The zero-order chi connectivity index (χ0) is 21.9.